The van der Waals surface area contributed by atoms with Crippen LogP contribution in [0.15, 0.2) is 6.33 Å². The summed E-state index contributed by atoms with van der Waals surface area (Å²) in [6.07, 6.45) is -4.22. The summed E-state index contributed by atoms with van der Waals surface area (Å²) in [6.45, 7) is 0.592. The lowest BCUT2D eigenvalue weighted by Gasteiger charge is -2.16. The number of hydrogen-bond acceptors (Lipinski definition) is 12. The Kier molecular flexibility index (Phi) is 5.91. The fourth-order valence-electron chi connectivity index (χ4n) is 2.60. The third kappa shape index (κ3) is 4.40. The second kappa shape index (κ2) is 7.94. The van der Waals surface area contributed by atoms with Gasteiger partial charge in [0.05, 0.1) is 19.0 Å². The van der Waals surface area contributed by atoms with E-state index in [1.807, 2.05) is 0 Å². The normalized spacial score (nSPS) is 26.0. The molecule has 2 aromatic heterocycles. The summed E-state index contributed by atoms with van der Waals surface area (Å²) in [5.41, 5.74) is 11.3. The molecule has 3 rings (SSSR count). The average Bonchev–Trinajstić information content (AvgIpc) is 3.15. The molecule has 0 radical (unpaired) electrons. The molecule has 0 aromatic carbocycles. The van der Waals surface area contributed by atoms with E-state index < -0.39 is 53.4 Å². The Hall–Kier alpha value is -2.14. The van der Waals surface area contributed by atoms with Crippen LogP contribution in [-0.2, 0) is 24.0 Å². The number of hydrogen-bond donors (Lipinski definition) is 5. The van der Waals surface area contributed by atoms with Crippen molar-refractivity contribution in [2.45, 2.75) is 37.5 Å². The van der Waals surface area contributed by atoms with Crippen LogP contribution in [0.5, 0.6) is 0 Å². The molecule has 2 aromatic rings. The van der Waals surface area contributed by atoms with Crippen molar-refractivity contribution >= 4 is 44.8 Å². The van der Waals surface area contributed by atoms with Crippen LogP contribution in [0.25, 0.3) is 11.2 Å². The van der Waals surface area contributed by atoms with Crippen molar-refractivity contribution in [1.29, 1.82) is 0 Å². The Morgan fingerprint density at radius 1 is 1.45 bits per heavy atom. The quantitative estimate of drug-likeness (QED) is 0.285. The maximum atomic E-state index is 11.8. The van der Waals surface area contributed by atoms with Crippen molar-refractivity contribution in [1.82, 2.24) is 24.2 Å². The van der Waals surface area contributed by atoms with Gasteiger partial charge in [-0.3, -0.25) is 13.5 Å². The third-order valence-corrected chi connectivity index (χ3v) is 5.13. The lowest BCUT2D eigenvalue weighted by molar-refractivity contribution is -0.120. The maximum Gasteiger partial charge on any atom is 0.362 e. The zero-order chi connectivity index (χ0) is 21.5. The zero-order valence-electron chi connectivity index (χ0n) is 14.8. The molecule has 1 aliphatic heterocycles. The van der Waals surface area contributed by atoms with Gasteiger partial charge in [-0.15, -0.1) is 0 Å². The largest absolute Gasteiger partial charge is 0.387 e. The number of nitrogen functional groups attached to an aromatic ring is 1. The van der Waals surface area contributed by atoms with E-state index in [1.165, 1.54) is 17.8 Å². The minimum Gasteiger partial charge on any atom is -0.387 e. The molecule has 14 nitrogen and oxygen atoms in total. The molecule has 3 heterocycles. The topological polar surface area (TPSA) is 218 Å². The summed E-state index contributed by atoms with van der Waals surface area (Å²) in [6, 6.07) is -1.08. The molecule has 0 spiro atoms. The molecule has 0 aliphatic carbocycles. The predicted octanol–water partition coefficient (Wildman–Crippen LogP) is -2.59. The van der Waals surface area contributed by atoms with Gasteiger partial charge in [0.15, 0.2) is 17.7 Å². The van der Waals surface area contributed by atoms with E-state index in [-0.39, 0.29) is 22.3 Å². The lowest BCUT2D eigenvalue weighted by Crippen LogP contribution is -2.43. The first-order valence-corrected chi connectivity index (χ1v) is 9.92. The summed E-state index contributed by atoms with van der Waals surface area (Å²) in [7, 11) is -4.50. The van der Waals surface area contributed by atoms with E-state index >= 15 is 0 Å². The number of aliphatic hydroxyl groups is 2. The number of nitrogens with two attached hydrogens (primary N) is 2. The number of aromatic nitrogens is 4. The number of rotatable bonds is 6. The zero-order valence-corrected chi connectivity index (χ0v) is 16.4. The van der Waals surface area contributed by atoms with Crippen molar-refractivity contribution in [2.24, 2.45) is 5.73 Å². The standard InChI is InChI=1S/C13H18ClN7O7S/c1-4(15)11(24)20-29(25,26)27-2-5-7(22)8(23)12(28-5)21-3-17-6-9(16)18-13(14)19-10(6)21/h3-5,7-8,12,22-23H,2,15H2,1H3,(H,20,24)(H2,16,18,19)/t4-,5?,7?,8?,12?/m0/s1. The number of anilines is 1. The van der Waals surface area contributed by atoms with Crippen LogP contribution in [0.3, 0.4) is 0 Å². The van der Waals surface area contributed by atoms with Gasteiger partial charge < -0.3 is 26.4 Å². The van der Waals surface area contributed by atoms with E-state index in [1.54, 1.807) is 4.72 Å². The minimum atomic E-state index is -4.50. The van der Waals surface area contributed by atoms with Crippen LogP contribution >= 0.6 is 11.6 Å². The second-order valence-electron chi connectivity index (χ2n) is 6.24. The number of carbonyl (C=O) groups is 1. The van der Waals surface area contributed by atoms with Crippen molar-refractivity contribution in [3.05, 3.63) is 11.6 Å². The van der Waals surface area contributed by atoms with Crippen LogP contribution in [0.1, 0.15) is 13.2 Å². The number of amides is 1. The highest BCUT2D eigenvalue weighted by Gasteiger charge is 2.45. The fourth-order valence-corrected chi connectivity index (χ4v) is 3.57. The summed E-state index contributed by atoms with van der Waals surface area (Å²) < 4.78 is 36.6. The molecule has 1 amide bonds. The first-order valence-electron chi connectivity index (χ1n) is 8.14. The van der Waals surface area contributed by atoms with Crippen LogP contribution in [0, 0.1) is 0 Å². The van der Waals surface area contributed by atoms with Crippen LogP contribution in [0.2, 0.25) is 5.28 Å². The van der Waals surface area contributed by atoms with E-state index in [0.717, 1.165) is 0 Å². The van der Waals surface area contributed by atoms with Gasteiger partial charge in [-0.25, -0.2) is 9.71 Å². The smallest absolute Gasteiger partial charge is 0.362 e. The number of imidazole rings is 1. The molecule has 0 saturated carbocycles. The van der Waals surface area contributed by atoms with Gasteiger partial charge in [-0.1, -0.05) is 0 Å². The minimum absolute atomic E-state index is 0.00244. The van der Waals surface area contributed by atoms with Gasteiger partial charge in [0.1, 0.15) is 23.8 Å². The van der Waals surface area contributed by atoms with Crippen molar-refractivity contribution in [2.75, 3.05) is 12.3 Å². The van der Waals surface area contributed by atoms with Crippen molar-refractivity contribution in [3.63, 3.8) is 0 Å². The molecular weight excluding hydrogens is 434 g/mol. The average molecular weight is 452 g/mol. The van der Waals surface area contributed by atoms with Crippen LogP contribution in [-0.4, -0.2) is 75.0 Å². The fraction of sp³-hybridized carbons (Fsp3) is 0.538. The summed E-state index contributed by atoms with van der Waals surface area (Å²) >= 11 is 5.79. The molecule has 1 aliphatic rings. The number of ether oxygens (including phenoxy) is 1. The highest BCUT2D eigenvalue weighted by molar-refractivity contribution is 7.85. The van der Waals surface area contributed by atoms with Gasteiger partial charge in [0.25, 0.3) is 5.91 Å². The molecule has 160 valence electrons. The monoisotopic (exact) mass is 451 g/mol. The molecule has 7 N–H and O–H groups in total. The van der Waals surface area contributed by atoms with Gasteiger partial charge in [0, 0.05) is 0 Å². The molecular formula is C13H18ClN7O7S. The van der Waals surface area contributed by atoms with E-state index in [4.69, 9.17) is 27.8 Å². The Bertz CT molecular complexity index is 1030. The highest BCUT2D eigenvalue weighted by Crippen LogP contribution is 2.32. The molecule has 1 fully saturated rings. The van der Waals surface area contributed by atoms with Gasteiger partial charge in [-0.2, -0.15) is 18.4 Å². The van der Waals surface area contributed by atoms with E-state index in [9.17, 15) is 23.4 Å². The number of fused-ring (bicyclic) bond motifs is 1. The SMILES string of the molecule is C[C@H](N)C(=O)NS(=O)(=O)OCC1OC(n2cnc3c(N)nc(Cl)nc32)C(O)C1O. The summed E-state index contributed by atoms with van der Waals surface area (Å²) in [5, 5.41) is 20.4. The van der Waals surface area contributed by atoms with Crippen LogP contribution < -0.4 is 16.2 Å². The summed E-state index contributed by atoms with van der Waals surface area (Å²) in [4.78, 5) is 23.1. The first-order chi connectivity index (χ1) is 13.5. The number of carbonyl (C=O) groups excluding carboxylic acids is 1. The Morgan fingerprint density at radius 3 is 2.79 bits per heavy atom. The molecule has 5 atom stereocenters. The number of nitrogens with zero attached hydrogens (tertiary/aromatic N) is 4. The molecule has 29 heavy (non-hydrogen) atoms. The Labute approximate surface area is 169 Å². The number of halogens is 1. The molecule has 4 unspecified atom stereocenters. The van der Waals surface area contributed by atoms with Crippen LogP contribution in [0.4, 0.5) is 5.82 Å². The number of nitrogens with one attached hydrogen (secondary N) is 1. The lowest BCUT2D eigenvalue weighted by atomic mass is 10.1. The highest BCUT2D eigenvalue weighted by atomic mass is 35.5. The first kappa shape index (κ1) is 21.6. The third-order valence-electron chi connectivity index (χ3n) is 4.06. The Morgan fingerprint density at radius 2 is 2.14 bits per heavy atom. The molecule has 1 saturated heterocycles. The van der Waals surface area contributed by atoms with Gasteiger partial charge in [0.2, 0.25) is 5.28 Å². The second-order valence-corrected chi connectivity index (χ2v) is 7.93. The molecule has 0 bridgehead atoms. The maximum absolute atomic E-state index is 11.8. The van der Waals surface area contributed by atoms with Gasteiger partial charge in [-0.05, 0) is 18.5 Å². The predicted molar refractivity (Wildman–Crippen MR) is 97.3 cm³/mol. The Balaban J connectivity index is 1.75. The van der Waals surface area contributed by atoms with Gasteiger partial charge >= 0.3 is 10.3 Å². The van der Waals surface area contributed by atoms with Crippen molar-refractivity contribution < 1.29 is 32.3 Å². The van der Waals surface area contributed by atoms with Crippen molar-refractivity contribution in [3.8, 4) is 0 Å². The van der Waals surface area contributed by atoms with E-state index in [0.29, 0.717) is 0 Å². The molecule has 16 heteroatoms. The van der Waals surface area contributed by atoms with E-state index in [2.05, 4.69) is 19.1 Å². The summed E-state index contributed by atoms with van der Waals surface area (Å²) in [5.74, 6) is -0.975. The number of aliphatic hydroxyl groups excluding tert-OH is 2.